The topological polar surface area (TPSA) is 42.0 Å². The third-order valence-corrected chi connectivity index (χ3v) is 5.03. The molecular weight excluding hydrogens is 340 g/mol. The van der Waals surface area contributed by atoms with Gasteiger partial charge in [-0.25, -0.2) is 0 Å². The second kappa shape index (κ2) is 8.91. The maximum atomic E-state index is 12.9. The van der Waals surface area contributed by atoms with Crippen LogP contribution in [0.25, 0.3) is 0 Å². The Balaban J connectivity index is 1.61. The predicted molar refractivity (Wildman–Crippen MR) is 107 cm³/mol. The molecule has 27 heavy (non-hydrogen) atoms. The molecule has 5 heteroatoms. The SMILES string of the molecule is CCOc1cc(C(=O)N2CCN(Cc3ccccc3C)CC2)ccc1OC. The lowest BCUT2D eigenvalue weighted by Crippen LogP contribution is -2.48. The number of hydrogen-bond donors (Lipinski definition) is 0. The van der Waals surface area contributed by atoms with Crippen LogP contribution in [0.5, 0.6) is 11.5 Å². The molecule has 0 bridgehead atoms. The number of methoxy groups -OCH3 is 1. The molecule has 0 atom stereocenters. The zero-order valence-electron chi connectivity index (χ0n) is 16.4. The van der Waals surface area contributed by atoms with Gasteiger partial charge in [-0.1, -0.05) is 24.3 Å². The Bertz CT molecular complexity index is 783. The maximum Gasteiger partial charge on any atom is 0.254 e. The first-order valence-electron chi connectivity index (χ1n) is 9.49. The minimum absolute atomic E-state index is 0.0501. The van der Waals surface area contributed by atoms with E-state index in [1.807, 2.05) is 17.9 Å². The highest BCUT2D eigenvalue weighted by molar-refractivity contribution is 5.95. The Morgan fingerprint density at radius 3 is 2.44 bits per heavy atom. The molecule has 144 valence electrons. The molecule has 0 saturated carbocycles. The fourth-order valence-corrected chi connectivity index (χ4v) is 3.40. The van der Waals surface area contributed by atoms with Gasteiger partial charge in [0.25, 0.3) is 5.91 Å². The third-order valence-electron chi connectivity index (χ3n) is 5.03. The lowest BCUT2D eigenvalue weighted by Gasteiger charge is -2.35. The summed E-state index contributed by atoms with van der Waals surface area (Å²) >= 11 is 0. The second-order valence-electron chi connectivity index (χ2n) is 6.79. The minimum Gasteiger partial charge on any atom is -0.493 e. The van der Waals surface area contributed by atoms with Crippen molar-refractivity contribution in [1.29, 1.82) is 0 Å². The molecule has 0 radical (unpaired) electrons. The maximum absolute atomic E-state index is 12.9. The zero-order valence-corrected chi connectivity index (χ0v) is 16.4. The summed E-state index contributed by atoms with van der Waals surface area (Å²) in [5.74, 6) is 1.31. The van der Waals surface area contributed by atoms with Crippen LogP contribution in [-0.2, 0) is 6.54 Å². The van der Waals surface area contributed by atoms with E-state index >= 15 is 0 Å². The summed E-state index contributed by atoms with van der Waals surface area (Å²) in [6, 6.07) is 13.9. The normalized spacial score (nSPS) is 14.9. The largest absolute Gasteiger partial charge is 0.493 e. The van der Waals surface area contributed by atoms with Crippen molar-refractivity contribution < 1.29 is 14.3 Å². The Morgan fingerprint density at radius 1 is 1.04 bits per heavy atom. The number of carbonyl (C=O) groups is 1. The van der Waals surface area contributed by atoms with Gasteiger partial charge >= 0.3 is 0 Å². The van der Waals surface area contributed by atoms with Crippen LogP contribution < -0.4 is 9.47 Å². The molecule has 0 unspecified atom stereocenters. The van der Waals surface area contributed by atoms with Crippen molar-refractivity contribution >= 4 is 5.91 Å². The summed E-state index contributed by atoms with van der Waals surface area (Å²) in [6.07, 6.45) is 0. The van der Waals surface area contributed by atoms with E-state index in [9.17, 15) is 4.79 Å². The van der Waals surface area contributed by atoms with Crippen LogP contribution in [0, 0.1) is 6.92 Å². The number of piperazine rings is 1. The van der Waals surface area contributed by atoms with Crippen molar-refractivity contribution in [2.45, 2.75) is 20.4 Å². The van der Waals surface area contributed by atoms with Crippen molar-refractivity contribution in [3.05, 3.63) is 59.2 Å². The molecule has 2 aromatic carbocycles. The van der Waals surface area contributed by atoms with E-state index in [0.717, 1.165) is 32.7 Å². The highest BCUT2D eigenvalue weighted by Gasteiger charge is 2.23. The van der Waals surface area contributed by atoms with Crippen LogP contribution in [0.3, 0.4) is 0 Å². The smallest absolute Gasteiger partial charge is 0.254 e. The Labute approximate surface area is 161 Å². The van der Waals surface area contributed by atoms with E-state index in [-0.39, 0.29) is 5.91 Å². The third kappa shape index (κ3) is 4.61. The molecule has 0 N–H and O–H groups in total. The van der Waals surface area contributed by atoms with E-state index in [1.165, 1.54) is 11.1 Å². The number of aryl methyl sites for hydroxylation is 1. The summed E-state index contributed by atoms with van der Waals surface area (Å²) in [7, 11) is 1.60. The summed E-state index contributed by atoms with van der Waals surface area (Å²) < 4.78 is 10.9. The summed E-state index contributed by atoms with van der Waals surface area (Å²) in [4.78, 5) is 17.2. The van der Waals surface area contributed by atoms with Crippen LogP contribution >= 0.6 is 0 Å². The molecule has 0 aliphatic carbocycles. The van der Waals surface area contributed by atoms with Crippen LogP contribution in [0.4, 0.5) is 0 Å². The number of amides is 1. The van der Waals surface area contributed by atoms with Gasteiger partial charge in [-0.15, -0.1) is 0 Å². The average molecular weight is 368 g/mol. The second-order valence-corrected chi connectivity index (χ2v) is 6.79. The van der Waals surface area contributed by atoms with Gasteiger partial charge in [0, 0.05) is 38.3 Å². The number of ether oxygens (including phenoxy) is 2. The number of rotatable bonds is 6. The molecule has 5 nitrogen and oxygen atoms in total. The summed E-state index contributed by atoms with van der Waals surface area (Å²) in [6.45, 7) is 8.78. The lowest BCUT2D eigenvalue weighted by molar-refractivity contribution is 0.0627. The molecule has 1 aliphatic rings. The predicted octanol–water partition coefficient (Wildman–Crippen LogP) is 3.36. The standard InChI is InChI=1S/C22H28N2O3/c1-4-27-21-15-18(9-10-20(21)26-3)22(25)24-13-11-23(12-14-24)16-19-8-6-5-7-17(19)2/h5-10,15H,4,11-14,16H2,1-3H3. The van der Waals surface area contributed by atoms with E-state index in [1.54, 1.807) is 19.2 Å². The van der Waals surface area contributed by atoms with Crippen LogP contribution in [0.2, 0.25) is 0 Å². The number of nitrogens with zero attached hydrogens (tertiary/aromatic N) is 2. The van der Waals surface area contributed by atoms with Crippen molar-refractivity contribution in [3.63, 3.8) is 0 Å². The van der Waals surface area contributed by atoms with Crippen LogP contribution in [-0.4, -0.2) is 55.6 Å². The van der Waals surface area contributed by atoms with Gasteiger partial charge in [0.15, 0.2) is 11.5 Å². The van der Waals surface area contributed by atoms with Gasteiger partial charge < -0.3 is 14.4 Å². The zero-order chi connectivity index (χ0) is 19.2. The number of hydrogen-bond acceptors (Lipinski definition) is 4. The van der Waals surface area contributed by atoms with E-state index < -0.39 is 0 Å². The van der Waals surface area contributed by atoms with Crippen LogP contribution in [0.1, 0.15) is 28.4 Å². The highest BCUT2D eigenvalue weighted by atomic mass is 16.5. The molecule has 0 aromatic heterocycles. The first-order chi connectivity index (χ1) is 13.1. The molecule has 1 amide bonds. The first-order valence-corrected chi connectivity index (χ1v) is 9.49. The van der Waals surface area contributed by atoms with Crippen molar-refractivity contribution in [1.82, 2.24) is 9.80 Å². The van der Waals surface area contributed by atoms with Gasteiger partial charge in [-0.3, -0.25) is 9.69 Å². The quantitative estimate of drug-likeness (QED) is 0.784. The Hall–Kier alpha value is -2.53. The summed E-state index contributed by atoms with van der Waals surface area (Å²) in [5, 5.41) is 0. The minimum atomic E-state index is 0.0501. The Kier molecular flexibility index (Phi) is 6.35. The fourth-order valence-electron chi connectivity index (χ4n) is 3.40. The average Bonchev–Trinajstić information content (AvgIpc) is 2.70. The van der Waals surface area contributed by atoms with Crippen molar-refractivity contribution in [3.8, 4) is 11.5 Å². The molecule has 3 rings (SSSR count). The Morgan fingerprint density at radius 2 is 1.78 bits per heavy atom. The molecule has 1 saturated heterocycles. The monoisotopic (exact) mass is 368 g/mol. The summed E-state index contributed by atoms with van der Waals surface area (Å²) in [5.41, 5.74) is 3.32. The molecule has 0 spiro atoms. The molecule has 1 aliphatic heterocycles. The van der Waals surface area contributed by atoms with Gasteiger partial charge in [0.2, 0.25) is 0 Å². The van der Waals surface area contributed by atoms with E-state index in [0.29, 0.717) is 23.7 Å². The molecule has 1 heterocycles. The number of carbonyl (C=O) groups excluding carboxylic acids is 1. The molecule has 1 fully saturated rings. The van der Waals surface area contributed by atoms with Crippen LogP contribution in [0.15, 0.2) is 42.5 Å². The van der Waals surface area contributed by atoms with Gasteiger partial charge in [-0.2, -0.15) is 0 Å². The molecule has 2 aromatic rings. The highest BCUT2D eigenvalue weighted by Crippen LogP contribution is 2.28. The van der Waals surface area contributed by atoms with Gasteiger partial charge in [0.1, 0.15) is 0 Å². The first kappa shape index (κ1) is 19.2. The lowest BCUT2D eigenvalue weighted by atomic mass is 10.1. The van der Waals surface area contributed by atoms with Crippen molar-refractivity contribution in [2.24, 2.45) is 0 Å². The van der Waals surface area contributed by atoms with Gasteiger partial charge in [0.05, 0.1) is 13.7 Å². The van der Waals surface area contributed by atoms with Crippen molar-refractivity contribution in [2.75, 3.05) is 39.9 Å². The van der Waals surface area contributed by atoms with E-state index in [4.69, 9.17) is 9.47 Å². The fraction of sp³-hybridized carbons (Fsp3) is 0.409. The molecular formula is C22H28N2O3. The van der Waals surface area contributed by atoms with Gasteiger partial charge in [-0.05, 0) is 43.2 Å². The number of benzene rings is 2. The van der Waals surface area contributed by atoms with E-state index in [2.05, 4.69) is 36.1 Å².